The summed E-state index contributed by atoms with van der Waals surface area (Å²) < 4.78 is 44.8. The third kappa shape index (κ3) is 5.00. The van der Waals surface area contributed by atoms with Crippen molar-refractivity contribution in [3.63, 3.8) is 0 Å². The predicted molar refractivity (Wildman–Crippen MR) is 113 cm³/mol. The van der Waals surface area contributed by atoms with Crippen LogP contribution in [0.25, 0.3) is 0 Å². The zero-order valence-corrected chi connectivity index (χ0v) is 19.3. The molecule has 1 aromatic carbocycles. The van der Waals surface area contributed by atoms with E-state index in [1.165, 1.54) is 14.1 Å². The molecule has 10 heteroatoms. The number of hydrogen-bond donors (Lipinski definition) is 0. The Morgan fingerprint density at radius 1 is 1.30 bits per heavy atom. The van der Waals surface area contributed by atoms with Crippen LogP contribution in [0.3, 0.4) is 0 Å². The van der Waals surface area contributed by atoms with Crippen molar-refractivity contribution in [1.82, 2.24) is 13.5 Å². The van der Waals surface area contributed by atoms with Gasteiger partial charge in [0.05, 0.1) is 5.69 Å². The van der Waals surface area contributed by atoms with Gasteiger partial charge in [-0.3, -0.25) is 0 Å². The third-order valence-corrected chi connectivity index (χ3v) is 7.05. The van der Waals surface area contributed by atoms with Crippen LogP contribution in [0, 0.1) is 6.92 Å². The monoisotopic (exact) mass is 474 g/mol. The summed E-state index contributed by atoms with van der Waals surface area (Å²) in [6.45, 7) is 7.13. The summed E-state index contributed by atoms with van der Waals surface area (Å²) in [5, 5.41) is 4.14. The van der Waals surface area contributed by atoms with Crippen LogP contribution in [0.5, 0.6) is 0 Å². The van der Waals surface area contributed by atoms with Crippen molar-refractivity contribution < 1.29 is 13.0 Å². The number of benzene rings is 1. The standard InChI is InChI=1S/C17H23BrN4O3S2/c1-12-10-15(22(19-12)27(24,25)21(5)6)16(20-26(23)17(2,3)4)13-8-7-9-14(18)11-13/h7-11H,1-6H3/b20-16+. The Labute approximate surface area is 172 Å². The fourth-order valence-corrected chi connectivity index (χ4v) is 4.04. The molecule has 1 heterocycles. The van der Waals surface area contributed by atoms with E-state index in [9.17, 15) is 13.0 Å². The van der Waals surface area contributed by atoms with Gasteiger partial charge in [-0.1, -0.05) is 32.5 Å². The van der Waals surface area contributed by atoms with Gasteiger partial charge in [0.15, 0.2) is 0 Å². The second-order valence-corrected chi connectivity index (χ2v) is 11.9. The summed E-state index contributed by atoms with van der Waals surface area (Å²) in [5.74, 6) is 0. The Bertz CT molecular complexity index is 963. The number of hydrogen-bond acceptors (Lipinski definition) is 5. The summed E-state index contributed by atoms with van der Waals surface area (Å²) in [4.78, 5) is 0. The first-order valence-electron chi connectivity index (χ1n) is 8.10. The van der Waals surface area contributed by atoms with Crippen LogP contribution in [0.1, 0.15) is 37.7 Å². The molecule has 0 bridgehead atoms. The Morgan fingerprint density at radius 2 is 1.93 bits per heavy atom. The summed E-state index contributed by atoms with van der Waals surface area (Å²) >= 11 is 1.83. The van der Waals surface area contributed by atoms with E-state index in [0.29, 0.717) is 17.0 Å². The maximum atomic E-state index is 12.7. The molecule has 27 heavy (non-hydrogen) atoms. The molecule has 0 aliphatic carbocycles. The highest BCUT2D eigenvalue weighted by Crippen LogP contribution is 2.23. The topological polar surface area (TPSA) is 90.6 Å². The number of nitrogens with zero attached hydrogens (tertiary/aromatic N) is 4. The summed E-state index contributed by atoms with van der Waals surface area (Å²) in [7, 11) is -1.01. The minimum atomic E-state index is -3.87. The molecule has 2 aromatic rings. The highest BCUT2D eigenvalue weighted by molar-refractivity contribution is 9.10. The molecule has 0 radical (unpaired) electrons. The van der Waals surface area contributed by atoms with Crippen molar-refractivity contribution in [2.45, 2.75) is 32.4 Å². The van der Waals surface area contributed by atoms with E-state index < -0.39 is 26.3 Å². The molecule has 0 spiro atoms. The second kappa shape index (κ2) is 8.04. The van der Waals surface area contributed by atoms with Crippen molar-refractivity contribution in [2.24, 2.45) is 4.40 Å². The third-order valence-electron chi connectivity index (χ3n) is 3.52. The Morgan fingerprint density at radius 3 is 2.44 bits per heavy atom. The van der Waals surface area contributed by atoms with E-state index in [0.717, 1.165) is 12.9 Å². The van der Waals surface area contributed by atoms with Crippen molar-refractivity contribution in [1.29, 1.82) is 0 Å². The summed E-state index contributed by atoms with van der Waals surface area (Å²) in [5.41, 5.74) is 1.71. The van der Waals surface area contributed by atoms with Gasteiger partial charge in [0, 0.05) is 24.1 Å². The average Bonchev–Trinajstić information content (AvgIpc) is 2.93. The fraction of sp³-hybridized carbons (Fsp3) is 0.412. The predicted octanol–water partition coefficient (Wildman–Crippen LogP) is 2.91. The molecule has 7 nitrogen and oxygen atoms in total. The summed E-state index contributed by atoms with van der Waals surface area (Å²) in [6.07, 6.45) is 0. The zero-order valence-electron chi connectivity index (χ0n) is 16.1. The smallest absolute Gasteiger partial charge is 0.323 e. The first kappa shape index (κ1) is 22.1. The van der Waals surface area contributed by atoms with Crippen LogP contribution in [0.15, 0.2) is 39.2 Å². The lowest BCUT2D eigenvalue weighted by Gasteiger charge is -2.20. The second-order valence-electron chi connectivity index (χ2n) is 7.12. The minimum absolute atomic E-state index is 0.261. The lowest BCUT2D eigenvalue weighted by atomic mass is 10.1. The van der Waals surface area contributed by atoms with Gasteiger partial charge in [0.1, 0.15) is 27.5 Å². The maximum absolute atomic E-state index is 12.7. The Kier molecular flexibility index (Phi) is 6.58. The van der Waals surface area contributed by atoms with E-state index in [4.69, 9.17) is 0 Å². The molecule has 2 rings (SSSR count). The number of rotatable bonds is 5. The molecule has 0 aliphatic heterocycles. The molecular formula is C17H23BrN4O3S2. The number of aryl methyl sites for hydroxylation is 1. The molecule has 148 valence electrons. The Balaban J connectivity index is 2.79. The van der Waals surface area contributed by atoms with Crippen LogP contribution >= 0.6 is 15.9 Å². The molecule has 0 saturated carbocycles. The van der Waals surface area contributed by atoms with Gasteiger partial charge in [-0.2, -0.15) is 17.8 Å². The normalized spacial score (nSPS) is 14.6. The van der Waals surface area contributed by atoms with Crippen molar-refractivity contribution >= 4 is 43.2 Å². The molecular weight excluding hydrogens is 452 g/mol. The number of halogens is 1. The molecule has 0 saturated heterocycles. The average molecular weight is 475 g/mol. The lowest BCUT2D eigenvalue weighted by Crippen LogP contribution is -2.33. The van der Waals surface area contributed by atoms with Crippen LogP contribution in [-0.2, 0) is 21.6 Å². The van der Waals surface area contributed by atoms with Crippen molar-refractivity contribution in [3.8, 4) is 0 Å². The molecule has 0 fully saturated rings. The quantitative estimate of drug-likeness (QED) is 0.491. The number of aromatic nitrogens is 2. The molecule has 1 unspecified atom stereocenters. The van der Waals surface area contributed by atoms with Crippen molar-refractivity contribution in [2.75, 3.05) is 14.1 Å². The van der Waals surface area contributed by atoms with Gasteiger partial charge in [0.2, 0.25) is 0 Å². The highest BCUT2D eigenvalue weighted by Gasteiger charge is 2.31. The van der Waals surface area contributed by atoms with Gasteiger partial charge < -0.3 is 4.55 Å². The minimum Gasteiger partial charge on any atom is -0.591 e. The van der Waals surface area contributed by atoms with E-state index in [-0.39, 0.29) is 5.69 Å². The van der Waals surface area contributed by atoms with Gasteiger partial charge >= 0.3 is 10.2 Å². The molecule has 0 N–H and O–H groups in total. The lowest BCUT2D eigenvalue weighted by molar-refractivity contribution is 0.503. The molecule has 1 atom stereocenters. The maximum Gasteiger partial charge on any atom is 0.323 e. The van der Waals surface area contributed by atoms with Crippen LogP contribution in [0.2, 0.25) is 0 Å². The first-order valence-corrected chi connectivity index (χ1v) is 11.4. The van der Waals surface area contributed by atoms with Gasteiger partial charge in [0.25, 0.3) is 0 Å². The first-order chi connectivity index (χ1) is 12.3. The van der Waals surface area contributed by atoms with Gasteiger partial charge in [-0.25, -0.2) is 0 Å². The van der Waals surface area contributed by atoms with Crippen molar-refractivity contribution in [3.05, 3.63) is 51.8 Å². The zero-order chi connectivity index (χ0) is 20.6. The van der Waals surface area contributed by atoms with E-state index in [1.807, 2.05) is 32.9 Å². The van der Waals surface area contributed by atoms with Gasteiger partial charge in [-0.05, 0) is 45.9 Å². The SMILES string of the molecule is Cc1cc(/C(=N/[S+]([O-])C(C)(C)C)c2cccc(Br)c2)n(S(=O)(=O)N(C)C)n1. The molecule has 0 aliphatic rings. The van der Waals surface area contributed by atoms with Gasteiger partial charge in [-0.15, -0.1) is 4.09 Å². The van der Waals surface area contributed by atoms with E-state index in [2.05, 4.69) is 25.4 Å². The fourth-order valence-electron chi connectivity index (χ4n) is 2.07. The van der Waals surface area contributed by atoms with Crippen LogP contribution < -0.4 is 0 Å². The van der Waals surface area contributed by atoms with Crippen LogP contribution in [-0.4, -0.2) is 51.0 Å². The largest absolute Gasteiger partial charge is 0.591 e. The Hall–Kier alpha value is -1.20. The molecule has 1 aromatic heterocycles. The summed E-state index contributed by atoms with van der Waals surface area (Å²) in [6, 6.07) is 8.87. The molecule has 0 amide bonds. The highest BCUT2D eigenvalue weighted by atomic mass is 79.9. The van der Waals surface area contributed by atoms with E-state index in [1.54, 1.807) is 25.1 Å². The van der Waals surface area contributed by atoms with Crippen LogP contribution in [0.4, 0.5) is 0 Å². The van der Waals surface area contributed by atoms with E-state index >= 15 is 0 Å².